The van der Waals surface area contributed by atoms with Crippen molar-refractivity contribution in [2.24, 2.45) is 0 Å². The van der Waals surface area contributed by atoms with Crippen molar-refractivity contribution >= 4 is 5.82 Å². The van der Waals surface area contributed by atoms with E-state index in [0.29, 0.717) is 0 Å². The minimum atomic E-state index is 0.785. The first-order chi connectivity index (χ1) is 6.29. The molecule has 0 amide bonds. The largest absolute Gasteiger partial charge is 0.493 e. The average Bonchev–Trinajstić information content (AvgIpc) is 2.20. The van der Waals surface area contributed by atoms with E-state index in [2.05, 4.69) is 10.3 Å². The molecule has 1 aromatic rings. The maximum atomic E-state index is 5.14. The van der Waals surface area contributed by atoms with E-state index in [9.17, 15) is 0 Å². The fourth-order valence-corrected chi connectivity index (χ4v) is 0.980. The second kappa shape index (κ2) is 6.29. The number of anilines is 1. The molecule has 0 aliphatic carbocycles. The number of hydrogen-bond acceptors (Lipinski definition) is 3. The molecular weight excluding hydrogens is 164 g/mol. The van der Waals surface area contributed by atoms with Gasteiger partial charge in [-0.3, -0.25) is 0 Å². The van der Waals surface area contributed by atoms with Gasteiger partial charge in [-0.2, -0.15) is 0 Å². The molecule has 1 aromatic heterocycles. The van der Waals surface area contributed by atoms with Gasteiger partial charge in [0.25, 0.3) is 0 Å². The summed E-state index contributed by atoms with van der Waals surface area (Å²) in [6, 6.07) is 1.92. The Bertz CT molecular complexity index is 249. The van der Waals surface area contributed by atoms with Crippen LogP contribution in [0.4, 0.5) is 5.82 Å². The third-order valence-corrected chi connectivity index (χ3v) is 1.54. The predicted molar refractivity (Wildman–Crippen MR) is 56.4 cm³/mol. The number of aromatic nitrogens is 1. The van der Waals surface area contributed by atoms with E-state index in [1.165, 1.54) is 0 Å². The first kappa shape index (κ1) is 11.8. The molecule has 1 heterocycles. The number of ether oxygens (including phenoxy) is 1. The molecule has 1 N–H and O–H groups in total. The van der Waals surface area contributed by atoms with E-state index in [4.69, 9.17) is 4.74 Å². The van der Waals surface area contributed by atoms with Gasteiger partial charge in [0.05, 0.1) is 7.11 Å². The first-order valence-corrected chi connectivity index (χ1v) is 4.47. The summed E-state index contributed by atoms with van der Waals surface area (Å²) < 4.78 is 5.14. The van der Waals surface area contributed by atoms with Crippen LogP contribution in [-0.4, -0.2) is 19.1 Å². The highest BCUT2D eigenvalue weighted by atomic mass is 16.5. The van der Waals surface area contributed by atoms with Crippen LogP contribution in [-0.2, 0) is 0 Å². The van der Waals surface area contributed by atoms with Crippen molar-refractivity contribution in [1.82, 2.24) is 4.98 Å². The topological polar surface area (TPSA) is 34.2 Å². The summed E-state index contributed by atoms with van der Waals surface area (Å²) in [5, 5.41) is 2.95. The minimum absolute atomic E-state index is 0.785. The maximum Gasteiger partial charge on any atom is 0.168 e. The summed E-state index contributed by atoms with van der Waals surface area (Å²) in [5.74, 6) is 1.60. The standard InChI is InChI=1S/C8H12N2O.C2H6/c1-6-4-5-10-8(9-2)7(6)11-3;1-2/h4-5H,1-3H3,(H,9,10);1-2H3. The van der Waals surface area contributed by atoms with Crippen LogP contribution in [0.15, 0.2) is 12.3 Å². The third-order valence-electron chi connectivity index (χ3n) is 1.54. The van der Waals surface area contributed by atoms with E-state index in [1.807, 2.05) is 33.9 Å². The molecule has 0 unspecified atom stereocenters. The van der Waals surface area contributed by atoms with Crippen LogP contribution in [0.2, 0.25) is 0 Å². The molecule has 3 nitrogen and oxygen atoms in total. The van der Waals surface area contributed by atoms with E-state index < -0.39 is 0 Å². The SMILES string of the molecule is CC.CNc1nccc(C)c1OC. The molecule has 0 aliphatic heterocycles. The fourth-order valence-electron chi connectivity index (χ4n) is 0.980. The quantitative estimate of drug-likeness (QED) is 0.763. The molecule has 0 radical (unpaired) electrons. The lowest BCUT2D eigenvalue weighted by Gasteiger charge is -2.08. The normalized spacial score (nSPS) is 8.38. The van der Waals surface area contributed by atoms with Crippen molar-refractivity contribution in [3.63, 3.8) is 0 Å². The Morgan fingerprint density at radius 1 is 1.38 bits per heavy atom. The summed E-state index contributed by atoms with van der Waals surface area (Å²) in [5.41, 5.74) is 1.09. The lowest BCUT2D eigenvalue weighted by Crippen LogP contribution is -1.97. The molecule has 1 rings (SSSR count). The number of hydrogen-bond donors (Lipinski definition) is 1. The predicted octanol–water partition coefficient (Wildman–Crippen LogP) is 2.47. The molecule has 13 heavy (non-hydrogen) atoms. The van der Waals surface area contributed by atoms with Gasteiger partial charge in [-0.1, -0.05) is 13.8 Å². The number of nitrogens with one attached hydrogen (secondary N) is 1. The minimum Gasteiger partial charge on any atom is -0.493 e. The first-order valence-electron chi connectivity index (χ1n) is 4.47. The van der Waals surface area contributed by atoms with Crippen molar-refractivity contribution in [1.29, 1.82) is 0 Å². The molecule has 74 valence electrons. The van der Waals surface area contributed by atoms with Crippen molar-refractivity contribution in [3.8, 4) is 5.75 Å². The highest BCUT2D eigenvalue weighted by Gasteiger charge is 2.03. The van der Waals surface area contributed by atoms with Crippen LogP contribution in [0.25, 0.3) is 0 Å². The number of rotatable bonds is 2. The lowest BCUT2D eigenvalue weighted by atomic mass is 10.2. The van der Waals surface area contributed by atoms with Crippen LogP contribution < -0.4 is 10.1 Å². The van der Waals surface area contributed by atoms with Gasteiger partial charge >= 0.3 is 0 Å². The van der Waals surface area contributed by atoms with Crippen LogP contribution >= 0.6 is 0 Å². The van der Waals surface area contributed by atoms with Crippen molar-refractivity contribution in [2.75, 3.05) is 19.5 Å². The summed E-state index contributed by atoms with van der Waals surface area (Å²) in [4.78, 5) is 4.09. The molecule has 0 saturated heterocycles. The Morgan fingerprint density at radius 3 is 2.38 bits per heavy atom. The molecule has 0 bridgehead atoms. The maximum absolute atomic E-state index is 5.14. The molecule has 0 saturated carbocycles. The number of methoxy groups -OCH3 is 1. The van der Waals surface area contributed by atoms with Crippen molar-refractivity contribution in [3.05, 3.63) is 17.8 Å². The Kier molecular flexibility index (Phi) is 5.68. The zero-order valence-corrected chi connectivity index (χ0v) is 9.01. The highest BCUT2D eigenvalue weighted by molar-refractivity contribution is 5.53. The summed E-state index contributed by atoms with van der Waals surface area (Å²) >= 11 is 0. The van der Waals surface area contributed by atoms with Crippen LogP contribution in [0.3, 0.4) is 0 Å². The Morgan fingerprint density at radius 2 is 2.00 bits per heavy atom. The van der Waals surface area contributed by atoms with Crippen molar-refractivity contribution in [2.45, 2.75) is 20.8 Å². The van der Waals surface area contributed by atoms with Crippen molar-refractivity contribution < 1.29 is 4.74 Å². The van der Waals surface area contributed by atoms with E-state index in [-0.39, 0.29) is 0 Å². The Hall–Kier alpha value is -1.25. The smallest absolute Gasteiger partial charge is 0.168 e. The number of pyridine rings is 1. The van der Waals surface area contributed by atoms with Gasteiger partial charge < -0.3 is 10.1 Å². The number of aryl methyl sites for hydroxylation is 1. The van der Waals surface area contributed by atoms with Gasteiger partial charge in [-0.15, -0.1) is 0 Å². The van der Waals surface area contributed by atoms with E-state index in [0.717, 1.165) is 17.1 Å². The average molecular weight is 182 g/mol. The van der Waals surface area contributed by atoms with Gasteiger partial charge in [0.1, 0.15) is 0 Å². The molecule has 0 fully saturated rings. The summed E-state index contributed by atoms with van der Waals surface area (Å²) in [6.45, 7) is 5.99. The summed E-state index contributed by atoms with van der Waals surface area (Å²) in [6.07, 6.45) is 1.75. The fraction of sp³-hybridized carbons (Fsp3) is 0.500. The van der Waals surface area contributed by atoms with Crippen LogP contribution in [0.5, 0.6) is 5.75 Å². The van der Waals surface area contributed by atoms with Gasteiger partial charge in [0, 0.05) is 13.2 Å². The monoisotopic (exact) mass is 182 g/mol. The molecule has 3 heteroatoms. The zero-order chi connectivity index (χ0) is 10.3. The summed E-state index contributed by atoms with van der Waals surface area (Å²) in [7, 11) is 3.47. The lowest BCUT2D eigenvalue weighted by molar-refractivity contribution is 0.412. The van der Waals surface area contributed by atoms with Gasteiger partial charge in [0.15, 0.2) is 11.6 Å². The Balaban J connectivity index is 0.000000671. The van der Waals surface area contributed by atoms with Gasteiger partial charge in [0.2, 0.25) is 0 Å². The second-order valence-electron chi connectivity index (χ2n) is 2.26. The van der Waals surface area contributed by atoms with E-state index >= 15 is 0 Å². The molecule has 0 atom stereocenters. The molecule has 0 aromatic carbocycles. The highest BCUT2D eigenvalue weighted by Crippen LogP contribution is 2.24. The molecule has 0 aliphatic rings. The van der Waals surface area contributed by atoms with Gasteiger partial charge in [-0.25, -0.2) is 4.98 Å². The molecule has 0 spiro atoms. The van der Waals surface area contributed by atoms with Crippen LogP contribution in [0.1, 0.15) is 19.4 Å². The Labute approximate surface area is 80.1 Å². The van der Waals surface area contributed by atoms with Gasteiger partial charge in [-0.05, 0) is 18.6 Å². The zero-order valence-electron chi connectivity index (χ0n) is 9.01. The third kappa shape index (κ3) is 2.93. The molecular formula is C10H18N2O. The van der Waals surface area contributed by atoms with E-state index in [1.54, 1.807) is 13.3 Å². The second-order valence-corrected chi connectivity index (χ2v) is 2.26. The number of nitrogens with zero attached hydrogens (tertiary/aromatic N) is 1. The van der Waals surface area contributed by atoms with Crippen LogP contribution in [0, 0.1) is 6.92 Å².